The molecule has 138 valence electrons. The van der Waals surface area contributed by atoms with Gasteiger partial charge in [0.15, 0.2) is 0 Å². The molecule has 4 heterocycles. The number of nitrogens with zero attached hydrogens (tertiary/aromatic N) is 5. The second kappa shape index (κ2) is 6.64. The Hall–Kier alpha value is -2.41. The van der Waals surface area contributed by atoms with Crippen molar-refractivity contribution in [1.29, 1.82) is 0 Å². The Balaban J connectivity index is 1.53. The molecule has 0 unspecified atom stereocenters. The molecular weight excluding hydrogens is 341 g/mol. The van der Waals surface area contributed by atoms with Crippen molar-refractivity contribution in [3.05, 3.63) is 71.5 Å². The largest absolute Gasteiger partial charge is 0.276 e. The van der Waals surface area contributed by atoms with Crippen LogP contribution in [0.2, 0.25) is 0 Å². The van der Waals surface area contributed by atoms with Crippen molar-refractivity contribution in [3.8, 4) is 0 Å². The van der Waals surface area contributed by atoms with Gasteiger partial charge >= 0.3 is 0 Å². The number of halogens is 1. The van der Waals surface area contributed by atoms with E-state index in [9.17, 15) is 4.39 Å². The Labute approximate surface area is 158 Å². The van der Waals surface area contributed by atoms with Gasteiger partial charge in [-0.05, 0) is 11.6 Å². The van der Waals surface area contributed by atoms with Crippen LogP contribution >= 0.6 is 0 Å². The standard InChI is InChI=1S/C21H22FN5/c22-19-9-5-4-8-18(19)10-23-24-20(17-6-2-1-3-7-17)21-11-25-14-26(12-21)16-27(13-21)15-25/h1-10H,11-16H2/b23-10-,24-20?. The summed E-state index contributed by atoms with van der Waals surface area (Å²) >= 11 is 0. The van der Waals surface area contributed by atoms with E-state index in [0.717, 1.165) is 50.9 Å². The highest BCUT2D eigenvalue weighted by Crippen LogP contribution is 2.38. The van der Waals surface area contributed by atoms with Crippen LogP contribution in [0.15, 0.2) is 64.8 Å². The Bertz CT molecular complexity index is 857. The minimum absolute atomic E-state index is 0.0668. The highest BCUT2D eigenvalue weighted by molar-refractivity contribution is 6.05. The van der Waals surface area contributed by atoms with E-state index in [1.165, 1.54) is 12.3 Å². The maximum atomic E-state index is 13.9. The summed E-state index contributed by atoms with van der Waals surface area (Å²) in [5.41, 5.74) is 2.47. The van der Waals surface area contributed by atoms with Crippen LogP contribution in [0.1, 0.15) is 11.1 Å². The summed E-state index contributed by atoms with van der Waals surface area (Å²) in [5.74, 6) is -0.282. The zero-order valence-corrected chi connectivity index (χ0v) is 15.1. The lowest BCUT2D eigenvalue weighted by Gasteiger charge is -2.60. The maximum Gasteiger partial charge on any atom is 0.132 e. The Morgan fingerprint density at radius 1 is 0.852 bits per heavy atom. The third-order valence-electron chi connectivity index (χ3n) is 5.59. The molecule has 4 bridgehead atoms. The van der Waals surface area contributed by atoms with Gasteiger partial charge in [-0.25, -0.2) is 4.39 Å². The maximum absolute atomic E-state index is 13.9. The van der Waals surface area contributed by atoms with Crippen LogP contribution in [-0.2, 0) is 0 Å². The monoisotopic (exact) mass is 363 g/mol. The molecule has 0 N–H and O–H groups in total. The van der Waals surface area contributed by atoms with E-state index in [1.807, 2.05) is 18.2 Å². The third kappa shape index (κ3) is 3.10. The van der Waals surface area contributed by atoms with E-state index >= 15 is 0 Å². The topological polar surface area (TPSA) is 34.4 Å². The lowest BCUT2D eigenvalue weighted by atomic mass is 9.74. The smallest absolute Gasteiger partial charge is 0.132 e. The molecule has 4 saturated heterocycles. The minimum atomic E-state index is -0.282. The molecule has 0 saturated carbocycles. The van der Waals surface area contributed by atoms with Crippen LogP contribution < -0.4 is 0 Å². The van der Waals surface area contributed by atoms with Gasteiger partial charge in [-0.2, -0.15) is 10.2 Å². The number of hydrogen-bond donors (Lipinski definition) is 0. The van der Waals surface area contributed by atoms with E-state index < -0.39 is 0 Å². The van der Waals surface area contributed by atoms with Gasteiger partial charge in [-0.15, -0.1) is 0 Å². The second-order valence-electron chi connectivity index (χ2n) is 7.77. The van der Waals surface area contributed by atoms with Crippen LogP contribution in [0.25, 0.3) is 0 Å². The van der Waals surface area contributed by atoms with Crippen molar-refractivity contribution in [3.63, 3.8) is 0 Å². The van der Waals surface area contributed by atoms with Gasteiger partial charge in [0.25, 0.3) is 0 Å². The summed E-state index contributed by atoms with van der Waals surface area (Å²) in [6.45, 7) is 6.05. The minimum Gasteiger partial charge on any atom is -0.276 e. The molecule has 6 heteroatoms. The summed E-state index contributed by atoms with van der Waals surface area (Å²) in [4.78, 5) is 7.40. The Kier molecular flexibility index (Phi) is 4.11. The van der Waals surface area contributed by atoms with Crippen molar-refractivity contribution in [2.45, 2.75) is 0 Å². The molecule has 4 aliphatic rings. The van der Waals surface area contributed by atoms with Crippen molar-refractivity contribution in [2.24, 2.45) is 15.6 Å². The van der Waals surface area contributed by atoms with Crippen molar-refractivity contribution < 1.29 is 4.39 Å². The van der Waals surface area contributed by atoms with Crippen molar-refractivity contribution in [1.82, 2.24) is 14.7 Å². The molecule has 2 aromatic rings. The van der Waals surface area contributed by atoms with Gasteiger partial charge in [0.05, 0.1) is 37.3 Å². The first kappa shape index (κ1) is 16.7. The molecule has 4 fully saturated rings. The van der Waals surface area contributed by atoms with Gasteiger partial charge in [0.2, 0.25) is 0 Å². The third-order valence-corrected chi connectivity index (χ3v) is 5.59. The number of rotatable bonds is 4. The Morgan fingerprint density at radius 2 is 1.44 bits per heavy atom. The van der Waals surface area contributed by atoms with Gasteiger partial charge in [0.1, 0.15) is 5.82 Å². The first-order valence-corrected chi connectivity index (χ1v) is 9.30. The fraction of sp³-hybridized carbons (Fsp3) is 0.333. The van der Waals surface area contributed by atoms with E-state index in [4.69, 9.17) is 0 Å². The van der Waals surface area contributed by atoms with E-state index in [2.05, 4.69) is 37.0 Å². The normalized spacial score (nSPS) is 32.3. The molecule has 27 heavy (non-hydrogen) atoms. The van der Waals surface area contributed by atoms with E-state index in [-0.39, 0.29) is 11.2 Å². The molecule has 0 spiro atoms. The van der Waals surface area contributed by atoms with Gasteiger partial charge in [0, 0.05) is 25.2 Å². The predicted molar refractivity (Wildman–Crippen MR) is 104 cm³/mol. The quantitative estimate of drug-likeness (QED) is 0.618. The molecule has 0 amide bonds. The molecular formula is C21H22FN5. The number of hydrogen-bond acceptors (Lipinski definition) is 5. The fourth-order valence-electron chi connectivity index (χ4n) is 4.74. The lowest BCUT2D eigenvalue weighted by molar-refractivity contribution is -0.149. The SMILES string of the molecule is Fc1ccccc1/C=N\N=C(c1ccccc1)C12CN3CN(CN(C3)C1)C2. The molecule has 0 radical (unpaired) electrons. The van der Waals surface area contributed by atoms with Crippen LogP contribution in [0.3, 0.4) is 0 Å². The summed E-state index contributed by atoms with van der Waals surface area (Å²) in [6, 6.07) is 16.9. The molecule has 5 nitrogen and oxygen atoms in total. The molecule has 6 rings (SSSR count). The van der Waals surface area contributed by atoms with E-state index in [0.29, 0.717) is 5.56 Å². The highest BCUT2D eigenvalue weighted by Gasteiger charge is 2.51. The average Bonchev–Trinajstić information content (AvgIpc) is 2.66. The van der Waals surface area contributed by atoms with Gasteiger partial charge in [-0.3, -0.25) is 14.7 Å². The predicted octanol–water partition coefficient (Wildman–Crippen LogP) is 2.45. The van der Waals surface area contributed by atoms with E-state index in [1.54, 1.807) is 18.2 Å². The molecule has 0 aromatic heterocycles. The molecule has 0 atom stereocenters. The van der Waals surface area contributed by atoms with Crippen molar-refractivity contribution in [2.75, 3.05) is 39.6 Å². The first-order valence-electron chi connectivity index (χ1n) is 9.30. The lowest BCUT2D eigenvalue weighted by Crippen LogP contribution is -2.74. The van der Waals surface area contributed by atoms with Crippen molar-refractivity contribution >= 4 is 11.9 Å². The summed E-state index contributed by atoms with van der Waals surface area (Å²) in [5, 5.41) is 8.96. The summed E-state index contributed by atoms with van der Waals surface area (Å²) in [6.07, 6.45) is 1.51. The highest BCUT2D eigenvalue weighted by atomic mass is 19.1. The van der Waals surface area contributed by atoms with Crippen LogP contribution in [0.5, 0.6) is 0 Å². The molecule has 0 aliphatic carbocycles. The number of benzene rings is 2. The summed E-state index contributed by atoms with van der Waals surface area (Å²) < 4.78 is 13.9. The zero-order chi connectivity index (χ0) is 18.3. The zero-order valence-electron chi connectivity index (χ0n) is 15.1. The fourth-order valence-corrected chi connectivity index (χ4v) is 4.74. The second-order valence-corrected chi connectivity index (χ2v) is 7.77. The average molecular weight is 363 g/mol. The van der Waals surface area contributed by atoms with Crippen LogP contribution in [0.4, 0.5) is 4.39 Å². The summed E-state index contributed by atoms with van der Waals surface area (Å²) in [7, 11) is 0. The van der Waals surface area contributed by atoms with Gasteiger partial charge < -0.3 is 0 Å². The van der Waals surface area contributed by atoms with Gasteiger partial charge in [-0.1, -0.05) is 48.5 Å². The molecule has 4 aliphatic heterocycles. The Morgan fingerprint density at radius 3 is 2.07 bits per heavy atom. The molecule has 2 aromatic carbocycles. The van der Waals surface area contributed by atoms with Crippen LogP contribution in [0, 0.1) is 11.2 Å². The van der Waals surface area contributed by atoms with Crippen LogP contribution in [-0.4, -0.2) is 66.3 Å². The first-order chi connectivity index (χ1) is 13.2.